The van der Waals surface area contributed by atoms with Crippen molar-refractivity contribution in [2.75, 3.05) is 13.1 Å². The first-order valence-electron chi connectivity index (χ1n) is 10.6. The van der Waals surface area contributed by atoms with Crippen molar-refractivity contribution in [1.82, 2.24) is 10.2 Å². The molecule has 158 valence electrons. The van der Waals surface area contributed by atoms with Crippen molar-refractivity contribution in [3.05, 3.63) is 65.5 Å². The fourth-order valence-electron chi connectivity index (χ4n) is 3.80. The topological polar surface area (TPSA) is 58.6 Å². The molecule has 4 rings (SSSR count). The summed E-state index contributed by atoms with van der Waals surface area (Å²) in [4.78, 5) is 26.8. The minimum atomic E-state index is -0.301. The number of piperidine rings is 1. The van der Waals surface area contributed by atoms with E-state index in [1.165, 1.54) is 12.1 Å². The summed E-state index contributed by atoms with van der Waals surface area (Å²) in [5, 5.41) is 2.94. The molecule has 2 aliphatic rings. The second-order valence-electron chi connectivity index (χ2n) is 8.19. The fraction of sp³-hybridized carbons (Fsp3) is 0.417. The van der Waals surface area contributed by atoms with E-state index in [0.29, 0.717) is 17.2 Å². The van der Waals surface area contributed by atoms with Gasteiger partial charge in [-0.05, 0) is 55.7 Å². The summed E-state index contributed by atoms with van der Waals surface area (Å²) in [5.41, 5.74) is 1.35. The van der Waals surface area contributed by atoms with E-state index < -0.39 is 0 Å². The normalized spacial score (nSPS) is 18.0. The molecule has 2 aromatic rings. The number of hydrogen-bond acceptors (Lipinski definition) is 3. The Kier molecular flexibility index (Phi) is 6.02. The number of carbonyl (C=O) groups excluding carboxylic acids is 2. The van der Waals surface area contributed by atoms with Gasteiger partial charge in [-0.3, -0.25) is 9.59 Å². The summed E-state index contributed by atoms with van der Waals surface area (Å²) < 4.78 is 19.2. The molecule has 30 heavy (non-hydrogen) atoms. The van der Waals surface area contributed by atoms with Crippen LogP contribution in [0.2, 0.25) is 0 Å². The van der Waals surface area contributed by atoms with Crippen LogP contribution in [0.1, 0.15) is 54.6 Å². The second kappa shape index (κ2) is 8.86. The number of nitrogens with one attached hydrogen (secondary N) is 1. The van der Waals surface area contributed by atoms with Gasteiger partial charge in [-0.25, -0.2) is 4.39 Å². The molecule has 5 nitrogen and oxygen atoms in total. The molecule has 1 atom stereocenters. The van der Waals surface area contributed by atoms with Crippen LogP contribution >= 0.6 is 0 Å². The molecule has 1 N–H and O–H groups in total. The fourth-order valence-corrected chi connectivity index (χ4v) is 3.80. The lowest BCUT2D eigenvalue weighted by Gasteiger charge is -2.32. The molecule has 1 heterocycles. The number of ether oxygens (including phenoxy) is 1. The molecule has 2 amide bonds. The van der Waals surface area contributed by atoms with E-state index in [9.17, 15) is 14.0 Å². The highest BCUT2D eigenvalue weighted by molar-refractivity contribution is 5.94. The van der Waals surface area contributed by atoms with Crippen LogP contribution in [0.15, 0.2) is 48.5 Å². The second-order valence-corrected chi connectivity index (χ2v) is 8.19. The summed E-state index contributed by atoms with van der Waals surface area (Å²) in [6.07, 6.45) is 3.71. The lowest BCUT2D eigenvalue weighted by Crippen LogP contribution is -2.42. The Morgan fingerprint density at radius 1 is 1.07 bits per heavy atom. The van der Waals surface area contributed by atoms with E-state index in [1.54, 1.807) is 30.3 Å². The summed E-state index contributed by atoms with van der Waals surface area (Å²) in [6, 6.07) is 13.0. The maximum atomic E-state index is 13.1. The van der Waals surface area contributed by atoms with Crippen LogP contribution in [0.25, 0.3) is 0 Å². The van der Waals surface area contributed by atoms with Gasteiger partial charge < -0.3 is 15.0 Å². The number of rotatable bonds is 6. The monoisotopic (exact) mass is 410 g/mol. The summed E-state index contributed by atoms with van der Waals surface area (Å²) in [7, 11) is 0. The summed E-state index contributed by atoms with van der Waals surface area (Å²) >= 11 is 0. The molecule has 0 bridgehead atoms. The van der Waals surface area contributed by atoms with Crippen molar-refractivity contribution in [3.63, 3.8) is 0 Å². The van der Waals surface area contributed by atoms with Crippen molar-refractivity contribution < 1.29 is 18.7 Å². The van der Waals surface area contributed by atoms with Crippen LogP contribution in [0.5, 0.6) is 5.75 Å². The highest BCUT2D eigenvalue weighted by Gasteiger charge is 2.35. The van der Waals surface area contributed by atoms with Crippen molar-refractivity contribution in [1.29, 1.82) is 0 Å². The van der Waals surface area contributed by atoms with Gasteiger partial charge in [0, 0.05) is 37.4 Å². The van der Waals surface area contributed by atoms with Crippen LogP contribution in [0.4, 0.5) is 4.39 Å². The van der Waals surface area contributed by atoms with Gasteiger partial charge in [0.1, 0.15) is 17.7 Å². The van der Waals surface area contributed by atoms with Crippen LogP contribution in [-0.4, -0.2) is 35.9 Å². The van der Waals surface area contributed by atoms with Crippen LogP contribution < -0.4 is 10.1 Å². The Morgan fingerprint density at radius 3 is 2.43 bits per heavy atom. The zero-order valence-corrected chi connectivity index (χ0v) is 17.1. The molecule has 0 aromatic heterocycles. The largest absolute Gasteiger partial charge is 0.490 e. The van der Waals surface area contributed by atoms with Crippen molar-refractivity contribution in [2.24, 2.45) is 5.92 Å². The number of nitrogens with zero attached hydrogens (tertiary/aromatic N) is 1. The molecule has 0 radical (unpaired) electrons. The molecule has 1 aliphatic carbocycles. The van der Waals surface area contributed by atoms with E-state index in [1.807, 2.05) is 17.9 Å². The molecule has 1 saturated carbocycles. The smallest absolute Gasteiger partial charge is 0.251 e. The Morgan fingerprint density at radius 2 is 1.77 bits per heavy atom. The van der Waals surface area contributed by atoms with Crippen molar-refractivity contribution >= 4 is 11.8 Å². The molecule has 0 spiro atoms. The average Bonchev–Trinajstić information content (AvgIpc) is 3.60. The van der Waals surface area contributed by atoms with Gasteiger partial charge in [-0.2, -0.15) is 0 Å². The standard InChI is InChI=1S/C24H27FN2O3/c1-16(17-7-9-20(25)10-8-17)26-23(28)19-3-2-4-22(15-19)30-21-11-13-27(14-12-21)24(29)18-5-6-18/h2-4,7-10,15-16,18,21H,5-6,11-14H2,1H3,(H,26,28)/t16-/m0/s1. The van der Waals surface area contributed by atoms with E-state index in [-0.39, 0.29) is 29.8 Å². The first-order chi connectivity index (χ1) is 14.5. The predicted molar refractivity (Wildman–Crippen MR) is 112 cm³/mol. The lowest BCUT2D eigenvalue weighted by molar-refractivity contribution is -0.134. The number of hydrogen-bond donors (Lipinski definition) is 1. The summed E-state index contributed by atoms with van der Waals surface area (Å²) in [6.45, 7) is 3.33. The maximum Gasteiger partial charge on any atom is 0.251 e. The van der Waals surface area contributed by atoms with E-state index in [2.05, 4.69) is 5.32 Å². The van der Waals surface area contributed by atoms with Crippen molar-refractivity contribution in [3.8, 4) is 5.75 Å². The molecular formula is C24H27FN2O3. The number of likely N-dealkylation sites (tertiary alicyclic amines) is 1. The van der Waals surface area contributed by atoms with Gasteiger partial charge in [-0.1, -0.05) is 18.2 Å². The van der Waals surface area contributed by atoms with Gasteiger partial charge in [0.25, 0.3) is 5.91 Å². The Labute approximate surface area is 176 Å². The first-order valence-corrected chi connectivity index (χ1v) is 10.6. The number of halogens is 1. The molecular weight excluding hydrogens is 383 g/mol. The maximum absolute atomic E-state index is 13.1. The minimum absolute atomic E-state index is 0.0460. The Balaban J connectivity index is 1.31. The van der Waals surface area contributed by atoms with E-state index in [0.717, 1.165) is 44.3 Å². The number of carbonyl (C=O) groups is 2. The lowest BCUT2D eigenvalue weighted by atomic mass is 10.1. The SMILES string of the molecule is C[C@H](NC(=O)c1cccc(OC2CCN(C(=O)C3CC3)CC2)c1)c1ccc(F)cc1. The van der Waals surface area contributed by atoms with Gasteiger partial charge in [0.15, 0.2) is 0 Å². The molecule has 6 heteroatoms. The number of benzene rings is 2. The van der Waals surface area contributed by atoms with Crippen LogP contribution in [-0.2, 0) is 4.79 Å². The third-order valence-electron chi connectivity index (χ3n) is 5.80. The van der Waals surface area contributed by atoms with E-state index >= 15 is 0 Å². The average molecular weight is 410 g/mol. The zero-order chi connectivity index (χ0) is 21.1. The van der Waals surface area contributed by atoms with Crippen LogP contribution in [0.3, 0.4) is 0 Å². The van der Waals surface area contributed by atoms with Crippen LogP contribution in [0, 0.1) is 11.7 Å². The predicted octanol–water partition coefficient (Wildman–Crippen LogP) is 4.10. The van der Waals surface area contributed by atoms with Crippen molar-refractivity contribution in [2.45, 2.75) is 44.8 Å². The number of amides is 2. The first kappa shape index (κ1) is 20.4. The highest BCUT2D eigenvalue weighted by atomic mass is 19.1. The van der Waals surface area contributed by atoms with E-state index in [4.69, 9.17) is 4.74 Å². The van der Waals surface area contributed by atoms with Gasteiger partial charge in [0.2, 0.25) is 5.91 Å². The van der Waals surface area contributed by atoms with Gasteiger partial charge >= 0.3 is 0 Å². The third kappa shape index (κ3) is 4.99. The minimum Gasteiger partial charge on any atom is -0.490 e. The molecule has 0 unspecified atom stereocenters. The zero-order valence-electron chi connectivity index (χ0n) is 17.1. The summed E-state index contributed by atoms with van der Waals surface area (Å²) in [5.74, 6) is 0.702. The highest BCUT2D eigenvalue weighted by Crippen LogP contribution is 2.32. The third-order valence-corrected chi connectivity index (χ3v) is 5.80. The van der Waals surface area contributed by atoms with Gasteiger partial charge in [-0.15, -0.1) is 0 Å². The Bertz CT molecular complexity index is 903. The molecule has 2 fully saturated rings. The molecule has 1 aliphatic heterocycles. The Hall–Kier alpha value is -2.89. The molecule has 1 saturated heterocycles. The van der Waals surface area contributed by atoms with Gasteiger partial charge in [0.05, 0.1) is 6.04 Å². The molecule has 2 aromatic carbocycles. The quantitative estimate of drug-likeness (QED) is 0.780.